The summed E-state index contributed by atoms with van der Waals surface area (Å²) in [5.41, 5.74) is 0. The summed E-state index contributed by atoms with van der Waals surface area (Å²) in [7, 11) is 0. The van der Waals surface area contributed by atoms with Gasteiger partial charge in [-0.15, -0.1) is 11.3 Å². The van der Waals surface area contributed by atoms with Crippen LogP contribution in [0.15, 0.2) is 17.5 Å². The highest BCUT2D eigenvalue weighted by molar-refractivity contribution is 7.12. The fourth-order valence-corrected chi connectivity index (χ4v) is 2.01. The summed E-state index contributed by atoms with van der Waals surface area (Å²) in [6.07, 6.45) is -1.01. The van der Waals surface area contributed by atoms with Crippen LogP contribution in [0.5, 0.6) is 0 Å². The van der Waals surface area contributed by atoms with Crippen LogP contribution in [0.4, 0.5) is 4.79 Å². The van der Waals surface area contributed by atoms with Crippen LogP contribution in [0.25, 0.3) is 0 Å². The molecule has 8 heteroatoms. The van der Waals surface area contributed by atoms with Gasteiger partial charge in [0.05, 0.1) is 17.9 Å². The van der Waals surface area contributed by atoms with E-state index in [1.807, 2.05) is 5.32 Å². The molecule has 0 fully saturated rings. The van der Waals surface area contributed by atoms with Crippen molar-refractivity contribution in [1.82, 2.24) is 5.32 Å². The quantitative estimate of drug-likeness (QED) is 0.605. The van der Waals surface area contributed by atoms with E-state index in [1.54, 1.807) is 24.4 Å². The molecule has 1 aromatic rings. The minimum atomic E-state index is -0.897. The molecule has 0 unspecified atom stereocenters. The number of amides is 2. The van der Waals surface area contributed by atoms with E-state index in [1.165, 1.54) is 11.3 Å². The standard InChI is InChI=1S/C13H15NO6S/c1-2-19-13(18)14-11(16)8-20-12(17)6-5-9(15)10-4-3-7-21-10/h3-4,7H,2,5-6,8H2,1H3,(H,14,16,18). The number of Topliss-reactive ketones (excluding diaryl/α,β-unsaturated/α-hetero) is 1. The first-order chi connectivity index (χ1) is 10.0. The minimum absolute atomic E-state index is 0.0127. The van der Waals surface area contributed by atoms with E-state index in [0.717, 1.165) is 0 Å². The van der Waals surface area contributed by atoms with E-state index < -0.39 is 24.6 Å². The molecule has 0 saturated heterocycles. The molecule has 0 saturated carbocycles. The molecule has 1 rings (SSSR count). The third kappa shape index (κ3) is 6.66. The molecule has 2 amide bonds. The van der Waals surface area contributed by atoms with E-state index in [9.17, 15) is 19.2 Å². The number of hydrogen-bond donors (Lipinski definition) is 1. The van der Waals surface area contributed by atoms with E-state index in [2.05, 4.69) is 9.47 Å². The zero-order valence-corrected chi connectivity index (χ0v) is 12.2. The normalized spacial score (nSPS) is 9.76. The second-order valence-electron chi connectivity index (χ2n) is 3.83. The summed E-state index contributed by atoms with van der Waals surface area (Å²) >= 11 is 1.30. The first-order valence-electron chi connectivity index (χ1n) is 6.22. The number of nitrogens with one attached hydrogen (secondary N) is 1. The van der Waals surface area contributed by atoms with Crippen molar-refractivity contribution in [3.63, 3.8) is 0 Å². The molecule has 0 aliphatic rings. The predicted molar refractivity (Wildman–Crippen MR) is 74.0 cm³/mol. The Kier molecular flexibility index (Phi) is 7.10. The SMILES string of the molecule is CCOC(=O)NC(=O)COC(=O)CCC(=O)c1cccs1. The third-order valence-electron chi connectivity index (χ3n) is 2.23. The lowest BCUT2D eigenvalue weighted by Gasteiger charge is -2.05. The van der Waals surface area contributed by atoms with Gasteiger partial charge in [0.2, 0.25) is 0 Å². The summed E-state index contributed by atoms with van der Waals surface area (Å²) in [5, 5.41) is 3.65. The smallest absolute Gasteiger partial charge is 0.413 e. The maximum absolute atomic E-state index is 11.6. The number of carbonyl (C=O) groups is 4. The van der Waals surface area contributed by atoms with Crippen LogP contribution in [0.3, 0.4) is 0 Å². The van der Waals surface area contributed by atoms with Gasteiger partial charge >= 0.3 is 12.1 Å². The van der Waals surface area contributed by atoms with Crippen LogP contribution in [-0.2, 0) is 19.1 Å². The Balaban J connectivity index is 2.20. The highest BCUT2D eigenvalue weighted by atomic mass is 32.1. The summed E-state index contributed by atoms with van der Waals surface area (Å²) in [6, 6.07) is 3.42. The second kappa shape index (κ2) is 8.85. The van der Waals surface area contributed by atoms with Gasteiger partial charge in [-0.2, -0.15) is 0 Å². The predicted octanol–water partition coefficient (Wildman–Crippen LogP) is 1.53. The van der Waals surface area contributed by atoms with Gasteiger partial charge in [-0.05, 0) is 18.4 Å². The second-order valence-corrected chi connectivity index (χ2v) is 4.78. The van der Waals surface area contributed by atoms with Crippen molar-refractivity contribution in [1.29, 1.82) is 0 Å². The molecule has 0 radical (unpaired) electrons. The molecule has 0 aromatic carbocycles. The number of imide groups is 1. The van der Waals surface area contributed by atoms with Gasteiger partial charge in [-0.1, -0.05) is 6.07 Å². The third-order valence-corrected chi connectivity index (χ3v) is 3.14. The Morgan fingerprint density at radius 3 is 2.57 bits per heavy atom. The summed E-state index contributed by atoms with van der Waals surface area (Å²) in [6.45, 7) is 1.13. The van der Waals surface area contributed by atoms with Crippen molar-refractivity contribution in [3.8, 4) is 0 Å². The van der Waals surface area contributed by atoms with Gasteiger partial charge in [-0.25, -0.2) is 4.79 Å². The lowest BCUT2D eigenvalue weighted by molar-refractivity contribution is -0.148. The van der Waals surface area contributed by atoms with Crippen LogP contribution in [0, 0.1) is 0 Å². The number of hydrogen-bond acceptors (Lipinski definition) is 7. The summed E-state index contributed by atoms with van der Waals surface area (Å²) in [4.78, 5) is 45.7. The molecule has 0 aliphatic carbocycles. The number of rotatable bonds is 7. The highest BCUT2D eigenvalue weighted by Gasteiger charge is 2.13. The maximum Gasteiger partial charge on any atom is 0.413 e. The lowest BCUT2D eigenvalue weighted by Crippen LogP contribution is -2.34. The molecule has 1 heterocycles. The fraction of sp³-hybridized carbons (Fsp3) is 0.385. The Morgan fingerprint density at radius 1 is 1.19 bits per heavy atom. The number of thiophene rings is 1. The number of esters is 1. The van der Waals surface area contributed by atoms with Crippen LogP contribution < -0.4 is 5.32 Å². The molecule has 7 nitrogen and oxygen atoms in total. The average Bonchev–Trinajstić information content (AvgIpc) is 2.97. The molecule has 1 N–H and O–H groups in total. The topological polar surface area (TPSA) is 98.8 Å². The maximum atomic E-state index is 11.6. The van der Waals surface area contributed by atoms with Crippen molar-refractivity contribution in [2.75, 3.05) is 13.2 Å². The van der Waals surface area contributed by atoms with Gasteiger partial charge in [0.25, 0.3) is 5.91 Å². The molecule has 114 valence electrons. The Bertz CT molecular complexity index is 511. The molecule has 0 bridgehead atoms. The highest BCUT2D eigenvalue weighted by Crippen LogP contribution is 2.12. The van der Waals surface area contributed by atoms with Gasteiger partial charge in [0.15, 0.2) is 12.4 Å². The number of ether oxygens (including phenoxy) is 2. The first kappa shape index (κ1) is 16.8. The fourth-order valence-electron chi connectivity index (χ4n) is 1.31. The average molecular weight is 313 g/mol. The molecule has 0 atom stereocenters. The van der Waals surface area contributed by atoms with Crippen molar-refractivity contribution in [2.45, 2.75) is 19.8 Å². The van der Waals surface area contributed by atoms with E-state index in [0.29, 0.717) is 4.88 Å². The largest absolute Gasteiger partial charge is 0.456 e. The van der Waals surface area contributed by atoms with Crippen LogP contribution >= 0.6 is 11.3 Å². The zero-order chi connectivity index (χ0) is 15.7. The monoisotopic (exact) mass is 313 g/mol. The molecule has 21 heavy (non-hydrogen) atoms. The first-order valence-corrected chi connectivity index (χ1v) is 7.09. The van der Waals surface area contributed by atoms with Crippen LogP contribution in [0.1, 0.15) is 29.4 Å². The molecular formula is C13H15NO6S. The van der Waals surface area contributed by atoms with Crippen LogP contribution in [0.2, 0.25) is 0 Å². The zero-order valence-electron chi connectivity index (χ0n) is 11.4. The van der Waals surface area contributed by atoms with E-state index in [-0.39, 0.29) is 25.2 Å². The summed E-state index contributed by atoms with van der Waals surface area (Å²) in [5.74, 6) is -1.62. The molecule has 0 spiro atoms. The molecule has 1 aromatic heterocycles. The van der Waals surface area contributed by atoms with Crippen molar-refractivity contribution < 1.29 is 28.7 Å². The molecular weight excluding hydrogens is 298 g/mol. The van der Waals surface area contributed by atoms with E-state index >= 15 is 0 Å². The molecule has 0 aliphatic heterocycles. The van der Waals surface area contributed by atoms with Crippen molar-refractivity contribution in [2.24, 2.45) is 0 Å². The van der Waals surface area contributed by atoms with Gasteiger partial charge in [0, 0.05) is 6.42 Å². The minimum Gasteiger partial charge on any atom is -0.456 e. The van der Waals surface area contributed by atoms with Gasteiger partial charge in [0.1, 0.15) is 0 Å². The Labute approximate surface area is 125 Å². The summed E-state index contributed by atoms with van der Waals surface area (Å²) < 4.78 is 9.13. The number of alkyl carbamates (subject to hydrolysis) is 1. The Hall–Kier alpha value is -2.22. The lowest BCUT2D eigenvalue weighted by atomic mass is 10.2. The van der Waals surface area contributed by atoms with Crippen molar-refractivity contribution >= 4 is 35.1 Å². The Morgan fingerprint density at radius 2 is 1.95 bits per heavy atom. The van der Waals surface area contributed by atoms with E-state index in [4.69, 9.17) is 0 Å². The van der Waals surface area contributed by atoms with Crippen LogP contribution in [-0.4, -0.2) is 37.0 Å². The van der Waals surface area contributed by atoms with Gasteiger partial charge < -0.3 is 9.47 Å². The number of ketones is 1. The number of carbonyl (C=O) groups excluding carboxylic acids is 4. The van der Waals surface area contributed by atoms with Gasteiger partial charge in [-0.3, -0.25) is 19.7 Å². The van der Waals surface area contributed by atoms with Crippen molar-refractivity contribution in [3.05, 3.63) is 22.4 Å².